The molecule has 4 N–H and O–H groups in total. The van der Waals surface area contributed by atoms with Gasteiger partial charge in [-0.25, -0.2) is 18.0 Å². The van der Waals surface area contributed by atoms with E-state index in [0.717, 1.165) is 0 Å². The molecule has 1 aliphatic rings. The number of carbonyl (C=O) groups is 3. The maximum Gasteiger partial charge on any atom is 0.490 e. The number of halogens is 3. The Labute approximate surface area is 236 Å². The van der Waals surface area contributed by atoms with Gasteiger partial charge in [0.2, 0.25) is 5.91 Å². The van der Waals surface area contributed by atoms with Gasteiger partial charge in [0.05, 0.1) is 22.7 Å². The van der Waals surface area contributed by atoms with E-state index in [9.17, 15) is 36.3 Å². The highest BCUT2D eigenvalue weighted by Crippen LogP contribution is 2.27. The molecule has 0 aliphatic carbocycles. The molecule has 1 saturated heterocycles. The molecule has 1 amide bonds. The monoisotopic (exact) mass is 602 g/mol. The number of sulfonamides is 1. The van der Waals surface area contributed by atoms with Gasteiger partial charge in [-0.3, -0.25) is 14.4 Å². The summed E-state index contributed by atoms with van der Waals surface area (Å²) in [5, 5.41) is 19.8. The summed E-state index contributed by atoms with van der Waals surface area (Å²) in [7, 11) is -3.95. The predicted molar refractivity (Wildman–Crippen MR) is 146 cm³/mol. The molecule has 2 aromatic carbocycles. The normalized spacial score (nSPS) is 14.2. The highest BCUT2D eigenvalue weighted by atomic mass is 32.2. The number of carboxylic acid groups (broad SMARTS) is 2. The number of hydrogen-bond acceptors (Lipinski definition) is 7. The van der Waals surface area contributed by atoms with Crippen LogP contribution in [0.5, 0.6) is 0 Å². The van der Waals surface area contributed by atoms with E-state index in [1.165, 1.54) is 18.2 Å². The van der Waals surface area contributed by atoms with Crippen LogP contribution in [0.15, 0.2) is 47.4 Å². The Morgan fingerprint density at radius 3 is 2.10 bits per heavy atom. The molecule has 0 unspecified atom stereocenters. The molecule has 0 bridgehead atoms. The first kappa shape index (κ1) is 33.4. The van der Waals surface area contributed by atoms with Crippen LogP contribution in [0.1, 0.15) is 36.7 Å². The lowest BCUT2D eigenvalue weighted by molar-refractivity contribution is -0.192. The van der Waals surface area contributed by atoms with Crippen LogP contribution >= 0.6 is 0 Å². The second-order valence-corrected chi connectivity index (χ2v) is 11.0. The fraction of sp³-hybridized carbons (Fsp3) is 0.423. The topological polar surface area (TPSA) is 156 Å². The Kier molecular flexibility index (Phi) is 11.5. The molecule has 2 aromatic rings. The van der Waals surface area contributed by atoms with Crippen LogP contribution in [0.3, 0.4) is 0 Å². The van der Waals surface area contributed by atoms with E-state index in [-0.39, 0.29) is 28.1 Å². The number of nitrogens with zero attached hydrogens (tertiary/aromatic N) is 2. The second kappa shape index (κ2) is 14.2. The average Bonchev–Trinajstić information content (AvgIpc) is 2.88. The van der Waals surface area contributed by atoms with E-state index >= 15 is 0 Å². The molecule has 226 valence electrons. The van der Waals surface area contributed by atoms with Crippen LogP contribution < -0.4 is 14.9 Å². The number of carboxylic acids is 2. The SMILES string of the molecule is CCc1ccccc1S(=O)(=O)Nc1ccc(N2CCN(CC(=O)NC(C)C)CC2)cc1C(=O)O.O=C(O)C(F)(F)F. The van der Waals surface area contributed by atoms with Gasteiger partial charge in [-0.15, -0.1) is 0 Å². The van der Waals surface area contributed by atoms with E-state index in [4.69, 9.17) is 9.90 Å². The Morgan fingerprint density at radius 2 is 1.59 bits per heavy atom. The lowest BCUT2D eigenvalue weighted by atomic mass is 10.1. The largest absolute Gasteiger partial charge is 0.490 e. The number of alkyl halides is 3. The number of piperazine rings is 1. The Bertz CT molecular complexity index is 1340. The van der Waals surface area contributed by atoms with E-state index in [1.54, 1.807) is 24.3 Å². The van der Waals surface area contributed by atoms with Crippen molar-refractivity contribution in [3.63, 3.8) is 0 Å². The lowest BCUT2D eigenvalue weighted by Crippen LogP contribution is -2.50. The maximum absolute atomic E-state index is 13.0. The summed E-state index contributed by atoms with van der Waals surface area (Å²) in [6.45, 7) is 8.61. The van der Waals surface area contributed by atoms with Crippen molar-refractivity contribution >= 4 is 39.2 Å². The van der Waals surface area contributed by atoms with Crippen molar-refractivity contribution in [2.75, 3.05) is 42.3 Å². The number of amides is 1. The van der Waals surface area contributed by atoms with Crippen LogP contribution in [0, 0.1) is 0 Å². The molecular formula is C26H33F3N4O7S. The zero-order valence-electron chi connectivity index (χ0n) is 22.7. The van der Waals surface area contributed by atoms with Gasteiger partial charge >= 0.3 is 18.1 Å². The minimum absolute atomic E-state index is 0.0158. The number of hydrogen-bond donors (Lipinski definition) is 4. The summed E-state index contributed by atoms with van der Waals surface area (Å²) in [6.07, 6.45) is -4.55. The summed E-state index contributed by atoms with van der Waals surface area (Å²) in [4.78, 5) is 37.1. The number of anilines is 2. The van der Waals surface area contributed by atoms with Crippen molar-refractivity contribution in [3.05, 3.63) is 53.6 Å². The van der Waals surface area contributed by atoms with E-state index in [0.29, 0.717) is 50.4 Å². The summed E-state index contributed by atoms with van der Waals surface area (Å²) in [5.41, 5.74) is 1.25. The fourth-order valence-corrected chi connectivity index (χ4v) is 5.38. The number of rotatable bonds is 9. The van der Waals surface area contributed by atoms with Crippen molar-refractivity contribution in [1.29, 1.82) is 0 Å². The zero-order valence-corrected chi connectivity index (χ0v) is 23.6. The van der Waals surface area contributed by atoms with Crippen molar-refractivity contribution < 1.29 is 46.2 Å². The third kappa shape index (κ3) is 9.93. The van der Waals surface area contributed by atoms with Gasteiger partial charge in [0.25, 0.3) is 10.0 Å². The van der Waals surface area contributed by atoms with Gasteiger partial charge in [0.15, 0.2) is 0 Å². The molecule has 0 atom stereocenters. The van der Waals surface area contributed by atoms with Crippen molar-refractivity contribution in [2.45, 2.75) is 44.3 Å². The minimum atomic E-state index is -5.08. The van der Waals surface area contributed by atoms with Gasteiger partial charge in [-0.2, -0.15) is 13.2 Å². The number of aliphatic carboxylic acids is 1. The number of carbonyl (C=O) groups excluding carboxylic acids is 1. The number of benzene rings is 2. The highest BCUT2D eigenvalue weighted by molar-refractivity contribution is 7.92. The van der Waals surface area contributed by atoms with Gasteiger partial charge in [-0.1, -0.05) is 25.1 Å². The molecule has 0 saturated carbocycles. The van der Waals surface area contributed by atoms with Crippen LogP contribution in [-0.2, 0) is 26.0 Å². The molecule has 1 fully saturated rings. The van der Waals surface area contributed by atoms with E-state index in [1.807, 2.05) is 25.7 Å². The van der Waals surface area contributed by atoms with Gasteiger partial charge in [0, 0.05) is 37.9 Å². The predicted octanol–water partition coefficient (Wildman–Crippen LogP) is 3.03. The molecule has 41 heavy (non-hydrogen) atoms. The number of aryl methyl sites for hydroxylation is 1. The minimum Gasteiger partial charge on any atom is -0.478 e. The van der Waals surface area contributed by atoms with Crippen LogP contribution in [0.25, 0.3) is 0 Å². The van der Waals surface area contributed by atoms with Gasteiger partial charge in [-0.05, 0) is 50.1 Å². The molecule has 1 heterocycles. The van der Waals surface area contributed by atoms with Crippen LogP contribution in [-0.4, -0.2) is 86.3 Å². The smallest absolute Gasteiger partial charge is 0.478 e. The molecule has 0 spiro atoms. The first-order valence-electron chi connectivity index (χ1n) is 12.6. The van der Waals surface area contributed by atoms with Crippen molar-refractivity contribution in [1.82, 2.24) is 10.2 Å². The molecule has 11 nitrogen and oxygen atoms in total. The highest BCUT2D eigenvalue weighted by Gasteiger charge is 2.38. The lowest BCUT2D eigenvalue weighted by Gasteiger charge is -2.36. The van der Waals surface area contributed by atoms with E-state index in [2.05, 4.69) is 14.9 Å². The third-order valence-corrected chi connectivity index (χ3v) is 7.38. The maximum atomic E-state index is 13.0. The number of nitrogens with one attached hydrogen (secondary N) is 2. The first-order chi connectivity index (χ1) is 19.0. The van der Waals surface area contributed by atoms with Gasteiger partial charge in [0.1, 0.15) is 0 Å². The van der Waals surface area contributed by atoms with Gasteiger partial charge < -0.3 is 20.4 Å². The molecule has 15 heteroatoms. The summed E-state index contributed by atoms with van der Waals surface area (Å²) < 4.78 is 60.2. The van der Waals surface area contributed by atoms with Crippen molar-refractivity contribution in [3.8, 4) is 0 Å². The quantitative estimate of drug-likeness (QED) is 0.339. The third-order valence-electron chi connectivity index (χ3n) is 5.92. The Morgan fingerprint density at radius 1 is 1.00 bits per heavy atom. The van der Waals surface area contributed by atoms with Crippen molar-refractivity contribution in [2.24, 2.45) is 0 Å². The first-order valence-corrected chi connectivity index (χ1v) is 14.1. The fourth-order valence-electron chi connectivity index (χ4n) is 3.99. The summed E-state index contributed by atoms with van der Waals surface area (Å²) in [5.74, 6) is -3.99. The zero-order chi connectivity index (χ0) is 31.0. The summed E-state index contributed by atoms with van der Waals surface area (Å²) >= 11 is 0. The standard InChI is InChI=1S/C24H32N4O5S.C2HF3O2/c1-4-18-7-5-6-8-22(18)34(32,33)26-21-10-9-19(15-20(21)24(30)31)28-13-11-27(12-14-28)16-23(29)25-17(2)3;3-2(4,5)1(6)7/h5-10,15,17,26H,4,11-14,16H2,1-3H3,(H,25,29)(H,30,31);(H,6,7). The Balaban J connectivity index is 0.000000745. The summed E-state index contributed by atoms with van der Waals surface area (Å²) in [6, 6.07) is 11.5. The molecule has 0 radical (unpaired) electrons. The van der Waals surface area contributed by atoms with E-state index < -0.39 is 28.1 Å². The molecule has 0 aromatic heterocycles. The van der Waals surface area contributed by atoms with Crippen LogP contribution in [0.4, 0.5) is 24.5 Å². The molecular weight excluding hydrogens is 569 g/mol. The average molecular weight is 603 g/mol. The molecule has 1 aliphatic heterocycles. The van der Waals surface area contributed by atoms with Crippen LogP contribution in [0.2, 0.25) is 0 Å². The number of aromatic carboxylic acids is 1. The Hall–Kier alpha value is -3.85. The molecule has 3 rings (SSSR count). The second-order valence-electron chi connectivity index (χ2n) is 9.39.